The van der Waals surface area contributed by atoms with Crippen molar-refractivity contribution in [3.05, 3.63) is 0 Å². The summed E-state index contributed by atoms with van der Waals surface area (Å²) in [6.45, 7) is 8.28. The van der Waals surface area contributed by atoms with Gasteiger partial charge in [-0.2, -0.15) is 11.8 Å². The van der Waals surface area contributed by atoms with Crippen LogP contribution in [0.15, 0.2) is 0 Å². The van der Waals surface area contributed by atoms with Crippen LogP contribution in [0, 0.1) is 0 Å². The highest BCUT2D eigenvalue weighted by atomic mass is 32.2. The molecule has 0 spiro atoms. The molecule has 6 heteroatoms. The molecule has 1 rings (SSSR count). The molecule has 0 radical (unpaired) electrons. The highest BCUT2D eigenvalue weighted by molar-refractivity contribution is 8.00. The van der Waals surface area contributed by atoms with Gasteiger partial charge in [0.15, 0.2) is 0 Å². The third-order valence-corrected chi connectivity index (χ3v) is 4.89. The molecule has 0 aromatic carbocycles. The van der Waals surface area contributed by atoms with E-state index in [-0.39, 0.29) is 11.2 Å². The topological polar surface area (TPSA) is 75.6 Å². The zero-order chi connectivity index (χ0) is 14.7. The largest absolute Gasteiger partial charge is 0.480 e. The van der Waals surface area contributed by atoms with Crippen molar-refractivity contribution in [1.82, 2.24) is 5.32 Å². The monoisotopic (exact) mass is 289 g/mol. The maximum Gasteiger partial charge on any atom is 0.326 e. The Labute approximate surface area is 118 Å². The lowest BCUT2D eigenvalue weighted by atomic mass is 10.0. The maximum absolute atomic E-state index is 10.9. The number of carbonyl (C=O) groups excluding carboxylic acids is 1. The molecular weight excluding hydrogens is 266 g/mol. The molecule has 1 aliphatic rings. The number of nitrogens with one attached hydrogen (secondary N) is 1. The summed E-state index contributed by atoms with van der Waals surface area (Å²) in [6.07, 6.45) is 1.81. The maximum atomic E-state index is 10.9. The summed E-state index contributed by atoms with van der Waals surface area (Å²) >= 11 is 1.72. The minimum Gasteiger partial charge on any atom is -0.480 e. The molecule has 110 valence electrons. The van der Waals surface area contributed by atoms with Gasteiger partial charge in [0, 0.05) is 5.25 Å². The van der Waals surface area contributed by atoms with Gasteiger partial charge < -0.3 is 15.2 Å². The number of aliphatic carboxylic acids is 1. The van der Waals surface area contributed by atoms with Crippen molar-refractivity contribution >= 4 is 24.1 Å². The van der Waals surface area contributed by atoms with Gasteiger partial charge in [-0.05, 0) is 46.3 Å². The Balaban J connectivity index is 2.44. The van der Waals surface area contributed by atoms with Crippen LogP contribution in [0.5, 0.6) is 0 Å². The Kier molecular flexibility index (Phi) is 5.26. The summed E-state index contributed by atoms with van der Waals surface area (Å²) in [7, 11) is 0. The molecule has 0 aliphatic carbocycles. The highest BCUT2D eigenvalue weighted by Gasteiger charge is 2.45. The average Bonchev–Trinajstić information content (AvgIpc) is 2.45. The fourth-order valence-electron chi connectivity index (χ4n) is 2.46. The lowest BCUT2D eigenvalue weighted by Crippen LogP contribution is -2.36. The first-order valence-corrected chi connectivity index (χ1v) is 7.47. The lowest BCUT2D eigenvalue weighted by molar-refractivity contribution is -0.140. The molecule has 1 amide bonds. The summed E-state index contributed by atoms with van der Waals surface area (Å²) in [4.78, 5) is 21.2. The van der Waals surface area contributed by atoms with E-state index < -0.39 is 12.0 Å². The second-order valence-electron chi connectivity index (χ2n) is 5.99. The molecule has 2 unspecified atom stereocenters. The van der Waals surface area contributed by atoms with Gasteiger partial charge in [0.2, 0.25) is 6.41 Å². The number of amides is 1. The molecular formula is C13H23NO4S. The molecule has 1 heterocycles. The van der Waals surface area contributed by atoms with Crippen molar-refractivity contribution < 1.29 is 19.4 Å². The SMILES string of the molecule is CC1(C)CC(SCCC(NC=O)C(=O)O)C(C)(C)O1. The zero-order valence-electron chi connectivity index (χ0n) is 11.9. The van der Waals surface area contributed by atoms with Gasteiger partial charge in [0.05, 0.1) is 11.2 Å². The smallest absolute Gasteiger partial charge is 0.326 e. The third-order valence-electron chi connectivity index (χ3n) is 3.28. The van der Waals surface area contributed by atoms with Crippen molar-refractivity contribution in [2.24, 2.45) is 0 Å². The summed E-state index contributed by atoms with van der Waals surface area (Å²) in [5.74, 6) is -0.305. The predicted octanol–water partition coefficient (Wildman–Crippen LogP) is 1.65. The quantitative estimate of drug-likeness (QED) is 0.697. The van der Waals surface area contributed by atoms with Crippen molar-refractivity contribution in [2.75, 3.05) is 5.75 Å². The first-order valence-electron chi connectivity index (χ1n) is 6.42. The summed E-state index contributed by atoms with van der Waals surface area (Å²) in [5, 5.41) is 11.6. The van der Waals surface area contributed by atoms with Gasteiger partial charge in [-0.15, -0.1) is 0 Å². The Morgan fingerprint density at radius 3 is 2.58 bits per heavy atom. The van der Waals surface area contributed by atoms with Crippen molar-refractivity contribution in [2.45, 2.75) is 63.0 Å². The molecule has 5 nitrogen and oxygen atoms in total. The zero-order valence-corrected chi connectivity index (χ0v) is 12.8. The van der Waals surface area contributed by atoms with E-state index >= 15 is 0 Å². The van der Waals surface area contributed by atoms with Crippen LogP contribution in [-0.2, 0) is 14.3 Å². The van der Waals surface area contributed by atoms with Gasteiger partial charge in [-0.3, -0.25) is 4.79 Å². The molecule has 1 aliphatic heterocycles. The highest BCUT2D eigenvalue weighted by Crippen LogP contribution is 2.43. The second kappa shape index (κ2) is 6.13. The minimum absolute atomic E-state index is 0.131. The first-order chi connectivity index (χ1) is 8.68. The van der Waals surface area contributed by atoms with Crippen LogP contribution in [-0.4, -0.2) is 45.7 Å². The number of hydrogen-bond donors (Lipinski definition) is 2. The predicted molar refractivity (Wildman–Crippen MR) is 75.3 cm³/mol. The van der Waals surface area contributed by atoms with E-state index in [0.29, 0.717) is 23.8 Å². The lowest BCUT2D eigenvalue weighted by Gasteiger charge is -2.27. The molecule has 0 aromatic heterocycles. The minimum atomic E-state index is -0.991. The summed E-state index contributed by atoms with van der Waals surface area (Å²) in [6, 6.07) is -0.802. The molecule has 0 bridgehead atoms. The normalized spacial score (nSPS) is 25.8. The van der Waals surface area contributed by atoms with Crippen LogP contribution in [0.1, 0.15) is 40.5 Å². The Morgan fingerprint density at radius 2 is 2.16 bits per heavy atom. The third kappa shape index (κ3) is 4.69. The Hall–Kier alpha value is -0.750. The van der Waals surface area contributed by atoms with Crippen LogP contribution in [0.3, 0.4) is 0 Å². The van der Waals surface area contributed by atoms with Gasteiger partial charge in [-0.1, -0.05) is 0 Å². The molecule has 0 saturated carbocycles. The number of carboxylic acid groups (broad SMARTS) is 1. The molecule has 2 atom stereocenters. The van der Waals surface area contributed by atoms with E-state index in [9.17, 15) is 9.59 Å². The van der Waals surface area contributed by atoms with Gasteiger partial charge in [0.1, 0.15) is 6.04 Å². The molecule has 2 N–H and O–H groups in total. The average molecular weight is 289 g/mol. The Bertz CT molecular complexity index is 344. The summed E-state index contributed by atoms with van der Waals surface area (Å²) in [5.41, 5.74) is -0.334. The standard InChI is InChI=1S/C13H23NO4S/c1-12(2)7-10(13(3,4)18-12)19-6-5-9(11(16)17)14-8-15/h8-10H,5-7H2,1-4H3,(H,14,15)(H,16,17). The van der Waals surface area contributed by atoms with E-state index in [0.717, 1.165) is 6.42 Å². The molecule has 19 heavy (non-hydrogen) atoms. The number of thioether (sulfide) groups is 1. The fraction of sp³-hybridized carbons (Fsp3) is 0.846. The van der Waals surface area contributed by atoms with Gasteiger partial charge >= 0.3 is 5.97 Å². The van der Waals surface area contributed by atoms with Crippen LogP contribution in [0.4, 0.5) is 0 Å². The van der Waals surface area contributed by atoms with Crippen LogP contribution in [0.25, 0.3) is 0 Å². The summed E-state index contributed by atoms with van der Waals surface area (Å²) < 4.78 is 5.99. The Morgan fingerprint density at radius 1 is 1.53 bits per heavy atom. The number of carbonyl (C=O) groups is 2. The van der Waals surface area contributed by atoms with Crippen LogP contribution >= 0.6 is 11.8 Å². The van der Waals surface area contributed by atoms with E-state index in [1.165, 1.54) is 0 Å². The van der Waals surface area contributed by atoms with E-state index in [1.54, 1.807) is 11.8 Å². The molecule has 0 aromatic rings. The molecule has 1 saturated heterocycles. The number of ether oxygens (including phenoxy) is 1. The van der Waals surface area contributed by atoms with Crippen LogP contribution < -0.4 is 5.32 Å². The van der Waals surface area contributed by atoms with Crippen LogP contribution in [0.2, 0.25) is 0 Å². The number of carboxylic acids is 1. The first kappa shape index (κ1) is 16.3. The van der Waals surface area contributed by atoms with E-state index in [1.807, 2.05) is 0 Å². The van der Waals surface area contributed by atoms with Crippen molar-refractivity contribution in [3.63, 3.8) is 0 Å². The van der Waals surface area contributed by atoms with Crippen molar-refractivity contribution in [3.8, 4) is 0 Å². The fourth-order valence-corrected chi connectivity index (χ4v) is 4.08. The van der Waals surface area contributed by atoms with Crippen molar-refractivity contribution in [1.29, 1.82) is 0 Å². The molecule has 1 fully saturated rings. The number of rotatable bonds is 7. The van der Waals surface area contributed by atoms with E-state index in [4.69, 9.17) is 9.84 Å². The second-order valence-corrected chi connectivity index (χ2v) is 7.30. The van der Waals surface area contributed by atoms with E-state index in [2.05, 4.69) is 33.0 Å². The van der Waals surface area contributed by atoms with Gasteiger partial charge in [-0.25, -0.2) is 4.79 Å². The number of hydrogen-bond acceptors (Lipinski definition) is 4. The van der Waals surface area contributed by atoms with Gasteiger partial charge in [0.25, 0.3) is 0 Å².